The SMILES string of the molecule is CCOC(=O)C1=C(CN2CCO[C@@H](CCOC=O)C2)NC(c2nccs2)=N[C@H]1c1ccccc1Cl. The molecule has 1 aromatic carbocycles. The van der Waals surface area contributed by atoms with E-state index in [-0.39, 0.29) is 12.7 Å². The highest BCUT2D eigenvalue weighted by molar-refractivity contribution is 7.11. The summed E-state index contributed by atoms with van der Waals surface area (Å²) in [7, 11) is 0. The summed E-state index contributed by atoms with van der Waals surface area (Å²) in [5, 5.41) is 6.47. The summed E-state index contributed by atoms with van der Waals surface area (Å²) < 4.78 is 16.1. The van der Waals surface area contributed by atoms with Gasteiger partial charge in [0.2, 0.25) is 0 Å². The van der Waals surface area contributed by atoms with E-state index in [9.17, 15) is 9.59 Å². The van der Waals surface area contributed by atoms with Gasteiger partial charge < -0.3 is 19.5 Å². The number of aliphatic imine (C=N–C) groups is 1. The van der Waals surface area contributed by atoms with Crippen molar-refractivity contribution < 1.29 is 23.8 Å². The Morgan fingerprint density at radius 1 is 1.40 bits per heavy atom. The van der Waals surface area contributed by atoms with E-state index in [2.05, 4.69) is 15.2 Å². The number of hydrogen-bond acceptors (Lipinski definition) is 10. The number of rotatable bonds is 10. The van der Waals surface area contributed by atoms with E-state index in [0.717, 1.165) is 5.56 Å². The number of esters is 1. The Balaban J connectivity index is 1.68. The van der Waals surface area contributed by atoms with Crippen LogP contribution in [0.5, 0.6) is 0 Å². The number of carbonyl (C=O) groups is 2. The summed E-state index contributed by atoms with van der Waals surface area (Å²) in [6.07, 6.45) is 2.23. The van der Waals surface area contributed by atoms with Gasteiger partial charge in [-0.15, -0.1) is 11.3 Å². The van der Waals surface area contributed by atoms with Crippen molar-refractivity contribution in [3.05, 3.63) is 62.7 Å². The maximum Gasteiger partial charge on any atom is 0.338 e. The van der Waals surface area contributed by atoms with Crippen LogP contribution in [0.3, 0.4) is 0 Å². The molecule has 2 aliphatic rings. The van der Waals surface area contributed by atoms with Gasteiger partial charge >= 0.3 is 5.97 Å². The Morgan fingerprint density at radius 3 is 3.00 bits per heavy atom. The summed E-state index contributed by atoms with van der Waals surface area (Å²) in [4.78, 5) is 35.2. The second-order valence-corrected chi connectivity index (χ2v) is 9.26. The summed E-state index contributed by atoms with van der Waals surface area (Å²) in [5.74, 6) is 0.142. The average molecular weight is 519 g/mol. The van der Waals surface area contributed by atoms with Crippen LogP contribution in [0.15, 0.2) is 52.1 Å². The lowest BCUT2D eigenvalue weighted by molar-refractivity contribution is -0.139. The molecule has 4 rings (SSSR count). The lowest BCUT2D eigenvalue weighted by Gasteiger charge is -2.35. The number of thiazole rings is 1. The number of hydrogen-bond donors (Lipinski definition) is 1. The number of benzene rings is 1. The van der Waals surface area contributed by atoms with Crippen molar-refractivity contribution in [3.63, 3.8) is 0 Å². The van der Waals surface area contributed by atoms with Gasteiger partial charge in [0, 0.05) is 53.9 Å². The molecule has 1 aromatic heterocycles. The lowest BCUT2D eigenvalue weighted by Crippen LogP contribution is -2.46. The molecule has 0 aliphatic carbocycles. The van der Waals surface area contributed by atoms with Crippen LogP contribution >= 0.6 is 22.9 Å². The number of morpholine rings is 1. The Morgan fingerprint density at radius 2 is 2.26 bits per heavy atom. The Kier molecular flexibility index (Phi) is 8.86. The third kappa shape index (κ3) is 6.26. The molecule has 186 valence electrons. The molecule has 0 amide bonds. The second kappa shape index (κ2) is 12.3. The zero-order chi connectivity index (χ0) is 24.6. The molecule has 0 saturated carbocycles. The van der Waals surface area contributed by atoms with Gasteiger partial charge in [-0.1, -0.05) is 29.8 Å². The number of nitrogens with one attached hydrogen (secondary N) is 1. The maximum atomic E-state index is 13.2. The average Bonchev–Trinajstić information content (AvgIpc) is 3.40. The van der Waals surface area contributed by atoms with Crippen LogP contribution in [-0.2, 0) is 23.8 Å². The van der Waals surface area contributed by atoms with Crippen molar-refractivity contribution in [2.45, 2.75) is 25.5 Å². The predicted octanol–water partition coefficient (Wildman–Crippen LogP) is 2.97. The highest BCUT2D eigenvalue weighted by Crippen LogP contribution is 2.36. The van der Waals surface area contributed by atoms with Crippen molar-refractivity contribution >= 4 is 41.2 Å². The monoisotopic (exact) mass is 518 g/mol. The molecule has 2 aliphatic heterocycles. The number of amidine groups is 1. The molecule has 11 heteroatoms. The first-order chi connectivity index (χ1) is 17.1. The Bertz CT molecular complexity index is 1090. The van der Waals surface area contributed by atoms with Crippen molar-refractivity contribution in [1.29, 1.82) is 0 Å². The van der Waals surface area contributed by atoms with E-state index in [1.165, 1.54) is 11.3 Å². The number of ether oxygens (including phenoxy) is 3. The quantitative estimate of drug-likeness (QED) is 0.291. The van der Waals surface area contributed by atoms with Gasteiger partial charge in [0.1, 0.15) is 6.04 Å². The van der Waals surface area contributed by atoms with Crippen LogP contribution in [0.25, 0.3) is 0 Å². The molecule has 3 heterocycles. The van der Waals surface area contributed by atoms with E-state index >= 15 is 0 Å². The summed E-state index contributed by atoms with van der Waals surface area (Å²) >= 11 is 8.01. The molecule has 35 heavy (non-hydrogen) atoms. The standard InChI is InChI=1S/C24H27ClN4O5S/c1-2-33-24(31)20-19(14-29-9-11-34-16(13-29)7-10-32-15-30)27-22(23-26-8-12-35-23)28-21(20)17-5-3-4-6-18(17)25/h3-6,8,12,15-16,21H,2,7,9-11,13-14H2,1H3,(H,27,28)/t16-,21-/m0/s1. The van der Waals surface area contributed by atoms with Crippen molar-refractivity contribution in [3.8, 4) is 0 Å². The fraction of sp³-hybridized carbons (Fsp3) is 0.417. The Hall–Kier alpha value is -2.79. The van der Waals surface area contributed by atoms with Crippen LogP contribution in [0, 0.1) is 0 Å². The van der Waals surface area contributed by atoms with Gasteiger partial charge in [-0.25, -0.2) is 9.78 Å². The van der Waals surface area contributed by atoms with E-state index in [1.807, 2.05) is 23.6 Å². The van der Waals surface area contributed by atoms with Crippen LogP contribution in [-0.4, -0.2) is 73.7 Å². The van der Waals surface area contributed by atoms with Crippen molar-refractivity contribution in [2.24, 2.45) is 4.99 Å². The van der Waals surface area contributed by atoms with Gasteiger partial charge in [-0.05, 0) is 13.0 Å². The molecule has 0 spiro atoms. The normalized spacial score (nSPS) is 20.7. The van der Waals surface area contributed by atoms with Crippen LogP contribution in [0.4, 0.5) is 0 Å². The molecule has 1 fully saturated rings. The van der Waals surface area contributed by atoms with Crippen molar-refractivity contribution in [2.75, 3.05) is 39.5 Å². The van der Waals surface area contributed by atoms with Gasteiger partial charge in [0.25, 0.3) is 6.47 Å². The summed E-state index contributed by atoms with van der Waals surface area (Å²) in [5.41, 5.74) is 1.84. The second-order valence-electron chi connectivity index (χ2n) is 7.96. The van der Waals surface area contributed by atoms with Crippen LogP contribution in [0.2, 0.25) is 5.02 Å². The first-order valence-corrected chi connectivity index (χ1v) is 12.6. The van der Waals surface area contributed by atoms with E-state index < -0.39 is 12.0 Å². The largest absolute Gasteiger partial charge is 0.468 e. The van der Waals surface area contributed by atoms with Gasteiger partial charge in [-0.3, -0.25) is 14.7 Å². The number of nitrogens with zero attached hydrogens (tertiary/aromatic N) is 3. The Labute approximate surface area is 212 Å². The molecular formula is C24H27ClN4O5S. The first kappa shape index (κ1) is 25.3. The summed E-state index contributed by atoms with van der Waals surface area (Å²) in [6, 6.07) is 6.73. The van der Waals surface area contributed by atoms with Crippen LogP contribution < -0.4 is 5.32 Å². The first-order valence-electron chi connectivity index (χ1n) is 11.4. The topological polar surface area (TPSA) is 102 Å². The molecular weight excluding hydrogens is 492 g/mol. The molecule has 2 atom stereocenters. The van der Waals surface area contributed by atoms with Gasteiger partial charge in [0.15, 0.2) is 10.8 Å². The smallest absolute Gasteiger partial charge is 0.338 e. The molecule has 9 nitrogen and oxygen atoms in total. The lowest BCUT2D eigenvalue weighted by atomic mass is 9.95. The number of carbonyl (C=O) groups excluding carboxylic acids is 2. The minimum Gasteiger partial charge on any atom is -0.468 e. The van der Waals surface area contributed by atoms with Gasteiger partial charge in [-0.2, -0.15) is 0 Å². The summed E-state index contributed by atoms with van der Waals surface area (Å²) in [6.45, 7) is 5.06. The molecule has 0 unspecified atom stereocenters. The third-order valence-electron chi connectivity index (χ3n) is 5.69. The van der Waals surface area contributed by atoms with E-state index in [4.69, 9.17) is 30.8 Å². The highest BCUT2D eigenvalue weighted by Gasteiger charge is 2.35. The molecule has 0 bridgehead atoms. The van der Waals surface area contributed by atoms with Crippen LogP contribution in [0.1, 0.15) is 30.0 Å². The molecule has 1 saturated heterocycles. The highest BCUT2D eigenvalue weighted by atomic mass is 35.5. The van der Waals surface area contributed by atoms with Crippen molar-refractivity contribution in [1.82, 2.24) is 15.2 Å². The minimum atomic E-state index is -0.643. The minimum absolute atomic E-state index is 0.0783. The van der Waals surface area contributed by atoms with E-state index in [0.29, 0.717) is 72.9 Å². The number of aromatic nitrogens is 1. The zero-order valence-corrected chi connectivity index (χ0v) is 20.9. The molecule has 1 N–H and O–H groups in total. The fourth-order valence-corrected chi connectivity index (χ4v) is 4.94. The van der Waals surface area contributed by atoms with E-state index in [1.54, 1.807) is 19.2 Å². The van der Waals surface area contributed by atoms with Gasteiger partial charge in [0.05, 0.1) is 31.5 Å². The third-order valence-corrected chi connectivity index (χ3v) is 6.81. The fourth-order valence-electron chi connectivity index (χ4n) is 4.11. The molecule has 2 aromatic rings. The maximum absolute atomic E-state index is 13.2. The number of halogens is 1. The zero-order valence-electron chi connectivity index (χ0n) is 19.3. The predicted molar refractivity (Wildman–Crippen MR) is 132 cm³/mol. The molecule has 0 radical (unpaired) electrons.